The molecule has 2 atom stereocenters. The molecule has 0 bridgehead atoms. The summed E-state index contributed by atoms with van der Waals surface area (Å²) in [4.78, 5) is 27.8. The Bertz CT molecular complexity index is 927. The third-order valence-electron chi connectivity index (χ3n) is 6.30. The van der Waals surface area contributed by atoms with Gasteiger partial charge < -0.3 is 15.0 Å². The fraction of sp³-hybridized carbons (Fsp3) is 0.417. The van der Waals surface area contributed by atoms with Crippen molar-refractivity contribution in [1.82, 2.24) is 4.90 Å². The van der Waals surface area contributed by atoms with E-state index in [9.17, 15) is 14.0 Å². The van der Waals surface area contributed by atoms with Crippen molar-refractivity contribution in [1.29, 1.82) is 0 Å². The van der Waals surface area contributed by atoms with Gasteiger partial charge >= 0.3 is 0 Å². The summed E-state index contributed by atoms with van der Waals surface area (Å²) in [6.45, 7) is 0.784. The molecule has 1 unspecified atom stereocenters. The van der Waals surface area contributed by atoms with Gasteiger partial charge in [-0.2, -0.15) is 0 Å². The second-order valence-electron chi connectivity index (χ2n) is 8.13. The fourth-order valence-corrected chi connectivity index (χ4v) is 4.78. The number of carbonyl (C=O) groups excluding carboxylic acids is 2. The van der Waals surface area contributed by atoms with E-state index in [2.05, 4.69) is 5.32 Å². The Morgan fingerprint density at radius 3 is 2.53 bits per heavy atom. The second kappa shape index (κ2) is 8.86. The highest BCUT2D eigenvalue weighted by Crippen LogP contribution is 2.37. The number of likely N-dealkylation sites (tertiary alicyclic amines) is 1. The van der Waals surface area contributed by atoms with Gasteiger partial charge in [-0.3, -0.25) is 9.59 Å². The predicted octanol–water partition coefficient (Wildman–Crippen LogP) is 4.88. The molecule has 1 N–H and O–H groups in total. The van der Waals surface area contributed by atoms with E-state index in [0.29, 0.717) is 34.5 Å². The van der Waals surface area contributed by atoms with Gasteiger partial charge in [-0.15, -0.1) is 0 Å². The molecular formula is C24H27FN2O3. The summed E-state index contributed by atoms with van der Waals surface area (Å²) in [7, 11) is 1.53. The number of hydrogen-bond acceptors (Lipinski definition) is 3. The minimum absolute atomic E-state index is 0.000129. The zero-order valence-corrected chi connectivity index (χ0v) is 17.2. The smallest absolute Gasteiger partial charge is 0.257 e. The van der Waals surface area contributed by atoms with Crippen LogP contribution in [0.1, 0.15) is 59.2 Å². The van der Waals surface area contributed by atoms with Crippen molar-refractivity contribution >= 4 is 17.5 Å². The molecule has 158 valence electrons. The van der Waals surface area contributed by atoms with Gasteiger partial charge in [0.15, 0.2) is 0 Å². The maximum Gasteiger partial charge on any atom is 0.257 e. The number of ether oxygens (including phenoxy) is 1. The van der Waals surface area contributed by atoms with Gasteiger partial charge in [-0.25, -0.2) is 4.39 Å². The standard InChI is InChI=1S/C24H27FN2O3/c1-30-22-15-19(26-23(28)17-8-10-18(25)11-9-17)12-13-20(22)24(29)27-14-4-6-16-5-2-3-7-21(16)27/h8-13,15-16,21H,2-7,14H2,1H3,(H,26,28)/t16?,21-/m0/s1. The van der Waals surface area contributed by atoms with E-state index in [0.717, 1.165) is 19.4 Å². The number of carbonyl (C=O) groups is 2. The summed E-state index contributed by atoms with van der Waals surface area (Å²) >= 11 is 0. The number of nitrogens with one attached hydrogen (secondary N) is 1. The summed E-state index contributed by atoms with van der Waals surface area (Å²) in [5.41, 5.74) is 1.39. The average Bonchev–Trinajstić information content (AvgIpc) is 2.78. The highest BCUT2D eigenvalue weighted by atomic mass is 19.1. The molecule has 2 aromatic rings. The number of hydrogen-bond donors (Lipinski definition) is 1. The van der Waals surface area contributed by atoms with Crippen molar-refractivity contribution in [2.45, 2.75) is 44.6 Å². The number of methoxy groups -OCH3 is 1. The zero-order valence-electron chi connectivity index (χ0n) is 17.2. The van der Waals surface area contributed by atoms with Crippen molar-refractivity contribution < 1.29 is 18.7 Å². The van der Waals surface area contributed by atoms with E-state index in [1.165, 1.54) is 57.1 Å². The molecule has 0 radical (unpaired) electrons. The summed E-state index contributed by atoms with van der Waals surface area (Å²) < 4.78 is 18.6. The number of amides is 2. The number of halogens is 1. The Labute approximate surface area is 176 Å². The maximum absolute atomic E-state index is 13.3. The van der Waals surface area contributed by atoms with Crippen LogP contribution >= 0.6 is 0 Å². The van der Waals surface area contributed by atoms with E-state index >= 15 is 0 Å². The Morgan fingerprint density at radius 1 is 1.03 bits per heavy atom. The Morgan fingerprint density at radius 2 is 1.77 bits per heavy atom. The largest absolute Gasteiger partial charge is 0.496 e. The van der Waals surface area contributed by atoms with Crippen LogP contribution in [0.4, 0.5) is 10.1 Å². The molecule has 1 aliphatic carbocycles. The molecular weight excluding hydrogens is 383 g/mol. The van der Waals surface area contributed by atoms with E-state index < -0.39 is 5.82 Å². The van der Waals surface area contributed by atoms with E-state index in [4.69, 9.17) is 4.74 Å². The molecule has 1 saturated carbocycles. The van der Waals surface area contributed by atoms with E-state index in [1.807, 2.05) is 4.90 Å². The first kappa shape index (κ1) is 20.4. The molecule has 0 spiro atoms. The van der Waals surface area contributed by atoms with Crippen LogP contribution in [-0.4, -0.2) is 36.4 Å². The lowest BCUT2D eigenvalue weighted by Gasteiger charge is -2.44. The molecule has 6 heteroatoms. The quantitative estimate of drug-likeness (QED) is 0.781. The van der Waals surface area contributed by atoms with Gasteiger partial charge in [0.25, 0.3) is 11.8 Å². The molecule has 1 heterocycles. The summed E-state index contributed by atoms with van der Waals surface area (Å²) in [5, 5.41) is 2.78. The van der Waals surface area contributed by atoms with Gasteiger partial charge in [-0.1, -0.05) is 12.8 Å². The topological polar surface area (TPSA) is 58.6 Å². The van der Waals surface area contributed by atoms with Gasteiger partial charge in [0.1, 0.15) is 11.6 Å². The predicted molar refractivity (Wildman–Crippen MR) is 113 cm³/mol. The summed E-state index contributed by atoms with van der Waals surface area (Å²) in [5.74, 6) is 0.303. The van der Waals surface area contributed by atoms with Crippen molar-refractivity contribution in [3.05, 3.63) is 59.4 Å². The first-order valence-corrected chi connectivity index (χ1v) is 10.6. The molecule has 30 heavy (non-hydrogen) atoms. The average molecular weight is 410 g/mol. The Kier molecular flexibility index (Phi) is 6.02. The van der Waals surface area contributed by atoms with Gasteiger partial charge in [0, 0.05) is 29.9 Å². The number of benzene rings is 2. The third-order valence-corrected chi connectivity index (χ3v) is 6.30. The molecule has 1 aliphatic heterocycles. The van der Waals surface area contributed by atoms with Crippen LogP contribution in [0.25, 0.3) is 0 Å². The monoisotopic (exact) mass is 410 g/mol. The van der Waals surface area contributed by atoms with Crippen molar-refractivity contribution in [3.8, 4) is 5.75 Å². The molecule has 2 amide bonds. The molecule has 1 saturated heterocycles. The lowest BCUT2D eigenvalue weighted by atomic mass is 9.78. The number of fused-ring (bicyclic) bond motifs is 1. The van der Waals surface area contributed by atoms with Crippen LogP contribution < -0.4 is 10.1 Å². The van der Waals surface area contributed by atoms with E-state index in [1.54, 1.807) is 18.2 Å². The molecule has 5 nitrogen and oxygen atoms in total. The van der Waals surface area contributed by atoms with Crippen LogP contribution in [0.3, 0.4) is 0 Å². The zero-order chi connectivity index (χ0) is 21.1. The normalized spacial score (nSPS) is 20.9. The number of piperidine rings is 1. The Hall–Kier alpha value is -2.89. The van der Waals surface area contributed by atoms with Crippen molar-refractivity contribution in [2.75, 3.05) is 19.0 Å². The molecule has 2 aliphatic rings. The highest BCUT2D eigenvalue weighted by molar-refractivity contribution is 6.05. The Balaban J connectivity index is 1.52. The lowest BCUT2D eigenvalue weighted by molar-refractivity contribution is 0.0388. The second-order valence-corrected chi connectivity index (χ2v) is 8.13. The molecule has 4 rings (SSSR count). The van der Waals surface area contributed by atoms with Crippen LogP contribution in [-0.2, 0) is 0 Å². The van der Waals surface area contributed by atoms with Crippen LogP contribution in [0.15, 0.2) is 42.5 Å². The SMILES string of the molecule is COc1cc(NC(=O)c2ccc(F)cc2)ccc1C(=O)N1CCCC2CCCC[C@@H]21. The third kappa shape index (κ3) is 4.18. The lowest BCUT2D eigenvalue weighted by Crippen LogP contribution is -2.49. The van der Waals surface area contributed by atoms with E-state index in [-0.39, 0.29) is 11.8 Å². The summed E-state index contributed by atoms with van der Waals surface area (Å²) in [6.07, 6.45) is 6.97. The minimum atomic E-state index is -0.394. The first-order valence-electron chi connectivity index (χ1n) is 10.6. The fourth-order valence-electron chi connectivity index (χ4n) is 4.78. The highest BCUT2D eigenvalue weighted by Gasteiger charge is 2.36. The number of rotatable bonds is 4. The first-order chi connectivity index (χ1) is 14.6. The maximum atomic E-state index is 13.3. The van der Waals surface area contributed by atoms with Crippen LogP contribution in [0, 0.1) is 11.7 Å². The molecule has 0 aromatic heterocycles. The van der Waals surface area contributed by atoms with Crippen molar-refractivity contribution in [3.63, 3.8) is 0 Å². The van der Waals surface area contributed by atoms with Gasteiger partial charge in [0.2, 0.25) is 0 Å². The summed E-state index contributed by atoms with van der Waals surface area (Å²) in [6, 6.07) is 10.8. The minimum Gasteiger partial charge on any atom is -0.496 e. The molecule has 2 aromatic carbocycles. The van der Waals surface area contributed by atoms with Gasteiger partial charge in [-0.05, 0) is 68.0 Å². The van der Waals surface area contributed by atoms with Gasteiger partial charge in [0.05, 0.1) is 12.7 Å². The number of nitrogens with zero attached hydrogens (tertiary/aromatic N) is 1. The van der Waals surface area contributed by atoms with Crippen molar-refractivity contribution in [2.24, 2.45) is 5.92 Å². The van der Waals surface area contributed by atoms with Crippen LogP contribution in [0.5, 0.6) is 5.75 Å². The number of anilines is 1. The van der Waals surface area contributed by atoms with Crippen LogP contribution in [0.2, 0.25) is 0 Å². The molecule has 2 fully saturated rings.